The Balaban J connectivity index is 1.55. The molecule has 1 fully saturated rings. The summed E-state index contributed by atoms with van der Waals surface area (Å²) in [7, 11) is 0. The SMILES string of the molecule is Cc1ccc(C(=O)NCCCN2CCOCC2)cc1NC(=O)c1ccccc1F. The van der Waals surface area contributed by atoms with E-state index in [-0.39, 0.29) is 11.5 Å². The van der Waals surface area contributed by atoms with Crippen molar-refractivity contribution in [1.29, 1.82) is 0 Å². The number of hydrogen-bond acceptors (Lipinski definition) is 4. The highest BCUT2D eigenvalue weighted by Crippen LogP contribution is 2.19. The van der Waals surface area contributed by atoms with Gasteiger partial charge in [-0.1, -0.05) is 18.2 Å². The van der Waals surface area contributed by atoms with Gasteiger partial charge >= 0.3 is 0 Å². The molecule has 2 aromatic rings. The highest BCUT2D eigenvalue weighted by atomic mass is 19.1. The minimum absolute atomic E-state index is 0.0372. The fourth-order valence-electron chi connectivity index (χ4n) is 3.16. The largest absolute Gasteiger partial charge is 0.379 e. The first-order valence-corrected chi connectivity index (χ1v) is 9.79. The molecule has 2 aromatic carbocycles. The summed E-state index contributed by atoms with van der Waals surface area (Å²) < 4.78 is 19.1. The van der Waals surface area contributed by atoms with Gasteiger partial charge < -0.3 is 15.4 Å². The lowest BCUT2D eigenvalue weighted by molar-refractivity contribution is 0.0374. The van der Waals surface area contributed by atoms with E-state index in [0.717, 1.165) is 44.8 Å². The van der Waals surface area contributed by atoms with E-state index in [1.54, 1.807) is 24.3 Å². The van der Waals surface area contributed by atoms with Gasteiger partial charge in [0.05, 0.1) is 18.8 Å². The second-order valence-corrected chi connectivity index (χ2v) is 7.03. The molecule has 0 unspecified atom stereocenters. The first-order valence-electron chi connectivity index (χ1n) is 9.79. The molecule has 0 aromatic heterocycles. The molecule has 1 saturated heterocycles. The molecule has 0 bridgehead atoms. The smallest absolute Gasteiger partial charge is 0.258 e. The summed E-state index contributed by atoms with van der Waals surface area (Å²) in [6.45, 7) is 6.69. The van der Waals surface area contributed by atoms with Crippen molar-refractivity contribution in [2.24, 2.45) is 0 Å². The number of amides is 2. The third kappa shape index (κ3) is 5.85. The Hall–Kier alpha value is -2.77. The molecule has 3 rings (SSSR count). The summed E-state index contributed by atoms with van der Waals surface area (Å²) in [5.74, 6) is -1.33. The van der Waals surface area contributed by atoms with Crippen LogP contribution in [0.4, 0.5) is 10.1 Å². The molecule has 0 radical (unpaired) electrons. The van der Waals surface area contributed by atoms with Gasteiger partial charge in [-0.05, 0) is 49.7 Å². The highest BCUT2D eigenvalue weighted by molar-refractivity contribution is 6.05. The number of hydrogen-bond donors (Lipinski definition) is 2. The summed E-state index contributed by atoms with van der Waals surface area (Å²) in [5, 5.41) is 5.61. The third-order valence-electron chi connectivity index (χ3n) is 4.91. The van der Waals surface area contributed by atoms with Crippen LogP contribution in [0.1, 0.15) is 32.7 Å². The van der Waals surface area contributed by atoms with Crippen molar-refractivity contribution < 1.29 is 18.7 Å². The van der Waals surface area contributed by atoms with Gasteiger partial charge in [0.1, 0.15) is 5.82 Å². The van der Waals surface area contributed by atoms with Crippen molar-refractivity contribution in [2.75, 3.05) is 44.7 Å². The lowest BCUT2D eigenvalue weighted by Gasteiger charge is -2.26. The Kier molecular flexibility index (Phi) is 7.32. The molecule has 0 saturated carbocycles. The van der Waals surface area contributed by atoms with E-state index < -0.39 is 11.7 Å². The predicted molar refractivity (Wildman–Crippen MR) is 110 cm³/mol. The molecular weight excluding hydrogens is 373 g/mol. The van der Waals surface area contributed by atoms with Crippen LogP contribution >= 0.6 is 0 Å². The fourth-order valence-corrected chi connectivity index (χ4v) is 3.16. The number of carbonyl (C=O) groups is 2. The summed E-state index contributed by atoms with van der Waals surface area (Å²) in [4.78, 5) is 27.1. The number of benzene rings is 2. The van der Waals surface area contributed by atoms with Gasteiger partial charge in [-0.25, -0.2) is 4.39 Å². The van der Waals surface area contributed by atoms with Crippen LogP contribution in [0, 0.1) is 12.7 Å². The van der Waals surface area contributed by atoms with Gasteiger partial charge in [0.15, 0.2) is 0 Å². The molecule has 1 heterocycles. The monoisotopic (exact) mass is 399 g/mol. The van der Waals surface area contributed by atoms with Crippen molar-refractivity contribution >= 4 is 17.5 Å². The zero-order valence-corrected chi connectivity index (χ0v) is 16.5. The molecule has 1 aliphatic heterocycles. The standard InChI is InChI=1S/C22H26FN3O3/c1-16-7-8-17(21(27)24-9-4-10-26-11-13-29-14-12-26)15-20(16)25-22(28)18-5-2-3-6-19(18)23/h2-3,5-8,15H,4,9-14H2,1H3,(H,24,27)(H,25,28). The molecule has 0 atom stereocenters. The van der Waals surface area contributed by atoms with Crippen LogP contribution in [0.5, 0.6) is 0 Å². The van der Waals surface area contributed by atoms with Crippen molar-refractivity contribution in [3.63, 3.8) is 0 Å². The number of anilines is 1. The van der Waals surface area contributed by atoms with Crippen LogP contribution in [0.2, 0.25) is 0 Å². The molecule has 0 spiro atoms. The molecule has 2 amide bonds. The Morgan fingerprint density at radius 3 is 2.62 bits per heavy atom. The number of rotatable bonds is 7. The Morgan fingerprint density at radius 1 is 1.10 bits per heavy atom. The summed E-state index contributed by atoms with van der Waals surface area (Å²) >= 11 is 0. The van der Waals surface area contributed by atoms with Crippen LogP contribution in [0.25, 0.3) is 0 Å². The second-order valence-electron chi connectivity index (χ2n) is 7.03. The number of nitrogens with zero attached hydrogens (tertiary/aromatic N) is 1. The third-order valence-corrected chi connectivity index (χ3v) is 4.91. The normalized spacial score (nSPS) is 14.4. The van der Waals surface area contributed by atoms with E-state index >= 15 is 0 Å². The Labute approximate surface area is 170 Å². The summed E-state index contributed by atoms with van der Waals surface area (Å²) in [6.07, 6.45) is 0.856. The van der Waals surface area contributed by atoms with E-state index in [0.29, 0.717) is 17.8 Å². The summed E-state index contributed by atoms with van der Waals surface area (Å²) in [5.41, 5.74) is 1.69. The van der Waals surface area contributed by atoms with E-state index in [4.69, 9.17) is 4.74 Å². The maximum absolute atomic E-state index is 13.8. The van der Waals surface area contributed by atoms with Crippen LogP contribution in [0.15, 0.2) is 42.5 Å². The Bertz CT molecular complexity index is 866. The first-order chi connectivity index (χ1) is 14.0. The second kappa shape index (κ2) is 10.1. The highest BCUT2D eigenvalue weighted by Gasteiger charge is 2.14. The van der Waals surface area contributed by atoms with Crippen LogP contribution in [0.3, 0.4) is 0 Å². The van der Waals surface area contributed by atoms with Crippen LogP contribution in [-0.2, 0) is 4.74 Å². The minimum atomic E-state index is -0.586. The van der Waals surface area contributed by atoms with Gasteiger partial charge in [0, 0.05) is 30.9 Å². The van der Waals surface area contributed by atoms with Gasteiger partial charge in [-0.15, -0.1) is 0 Å². The van der Waals surface area contributed by atoms with Gasteiger partial charge in [0.2, 0.25) is 0 Å². The summed E-state index contributed by atoms with van der Waals surface area (Å²) in [6, 6.07) is 10.9. The van der Waals surface area contributed by atoms with Gasteiger partial charge in [-0.2, -0.15) is 0 Å². The van der Waals surface area contributed by atoms with E-state index in [1.807, 2.05) is 6.92 Å². The number of aryl methyl sites for hydroxylation is 1. The molecule has 154 valence electrons. The average Bonchev–Trinajstić information content (AvgIpc) is 2.73. The van der Waals surface area contributed by atoms with Crippen LogP contribution < -0.4 is 10.6 Å². The number of carbonyl (C=O) groups excluding carboxylic acids is 2. The van der Waals surface area contributed by atoms with Crippen molar-refractivity contribution in [2.45, 2.75) is 13.3 Å². The molecule has 6 nitrogen and oxygen atoms in total. The number of halogens is 1. The minimum Gasteiger partial charge on any atom is -0.379 e. The van der Waals surface area contributed by atoms with Crippen molar-refractivity contribution in [1.82, 2.24) is 10.2 Å². The lowest BCUT2D eigenvalue weighted by Crippen LogP contribution is -2.38. The van der Waals surface area contributed by atoms with Crippen molar-refractivity contribution in [3.8, 4) is 0 Å². The fraction of sp³-hybridized carbons (Fsp3) is 0.364. The molecule has 7 heteroatoms. The first kappa shape index (κ1) is 21.0. The predicted octanol–water partition coefficient (Wildman–Crippen LogP) is 2.84. The van der Waals surface area contributed by atoms with Crippen LogP contribution in [-0.4, -0.2) is 56.1 Å². The van der Waals surface area contributed by atoms with E-state index in [9.17, 15) is 14.0 Å². The maximum atomic E-state index is 13.8. The van der Waals surface area contributed by atoms with E-state index in [2.05, 4.69) is 15.5 Å². The lowest BCUT2D eigenvalue weighted by atomic mass is 10.1. The molecule has 1 aliphatic rings. The van der Waals surface area contributed by atoms with E-state index in [1.165, 1.54) is 18.2 Å². The number of morpholine rings is 1. The van der Waals surface area contributed by atoms with Gasteiger partial charge in [-0.3, -0.25) is 14.5 Å². The Morgan fingerprint density at radius 2 is 1.86 bits per heavy atom. The zero-order valence-electron chi connectivity index (χ0n) is 16.5. The van der Waals surface area contributed by atoms with Crippen molar-refractivity contribution in [3.05, 3.63) is 65.0 Å². The average molecular weight is 399 g/mol. The molecule has 0 aliphatic carbocycles. The number of nitrogens with one attached hydrogen (secondary N) is 2. The van der Waals surface area contributed by atoms with Gasteiger partial charge in [0.25, 0.3) is 11.8 Å². The molecule has 29 heavy (non-hydrogen) atoms. The topological polar surface area (TPSA) is 70.7 Å². The quantitative estimate of drug-likeness (QED) is 0.703. The zero-order chi connectivity index (χ0) is 20.6. The number of ether oxygens (including phenoxy) is 1. The molecule has 2 N–H and O–H groups in total. The maximum Gasteiger partial charge on any atom is 0.258 e. The molecular formula is C22H26FN3O3.